The van der Waals surface area contributed by atoms with Crippen LogP contribution in [0, 0.1) is 0 Å². The van der Waals surface area contributed by atoms with Crippen molar-refractivity contribution in [2.75, 3.05) is 5.88 Å². The molecule has 2 N–H and O–H groups in total. The topological polar surface area (TPSA) is 53.4 Å². The van der Waals surface area contributed by atoms with Crippen LogP contribution in [0.3, 0.4) is 0 Å². The van der Waals surface area contributed by atoms with E-state index in [1.165, 1.54) is 0 Å². The summed E-state index contributed by atoms with van der Waals surface area (Å²) in [6.07, 6.45) is 1.55. The molecule has 2 aromatic rings. The van der Waals surface area contributed by atoms with Gasteiger partial charge in [0.1, 0.15) is 6.10 Å². The molecule has 0 radical (unpaired) electrons. The molecular weight excluding hydrogens is 226 g/mol. The zero-order chi connectivity index (χ0) is 11.5. The third-order valence-electron chi connectivity index (χ3n) is 2.53. The Hall–Kier alpha value is -1.16. The van der Waals surface area contributed by atoms with Crippen LogP contribution in [0.25, 0.3) is 10.8 Å². The molecule has 0 aliphatic heterocycles. The van der Waals surface area contributed by atoms with Crippen molar-refractivity contribution in [1.82, 2.24) is 4.98 Å². The highest BCUT2D eigenvalue weighted by molar-refractivity contribution is 6.18. The lowest BCUT2D eigenvalue weighted by Gasteiger charge is -2.16. The van der Waals surface area contributed by atoms with Gasteiger partial charge in [-0.3, -0.25) is 4.98 Å². The summed E-state index contributed by atoms with van der Waals surface area (Å²) in [5.74, 6) is 0.00947. The number of nitrogens with zero attached hydrogens (tertiary/aromatic N) is 1. The molecule has 1 heterocycles. The molecule has 0 saturated carbocycles. The molecule has 0 amide bonds. The number of alkyl halides is 1. The maximum Gasteiger partial charge on any atom is 0.106 e. The number of hydrogen-bond acceptors (Lipinski definition) is 3. The van der Waals surface area contributed by atoms with Gasteiger partial charge < -0.3 is 10.2 Å². The lowest BCUT2D eigenvalue weighted by Crippen LogP contribution is -2.19. The van der Waals surface area contributed by atoms with E-state index in [-0.39, 0.29) is 5.88 Å². The third-order valence-corrected chi connectivity index (χ3v) is 2.84. The van der Waals surface area contributed by atoms with Gasteiger partial charge in [-0.2, -0.15) is 0 Å². The summed E-state index contributed by atoms with van der Waals surface area (Å²) in [4.78, 5) is 4.01. The van der Waals surface area contributed by atoms with Crippen LogP contribution in [0.1, 0.15) is 11.7 Å². The molecule has 0 saturated heterocycles. The maximum atomic E-state index is 9.80. The Bertz CT molecular complexity index is 489. The van der Waals surface area contributed by atoms with Crippen molar-refractivity contribution in [2.24, 2.45) is 0 Å². The van der Waals surface area contributed by atoms with Crippen molar-refractivity contribution in [2.45, 2.75) is 12.2 Å². The first-order valence-corrected chi connectivity index (χ1v) is 5.51. The summed E-state index contributed by atoms with van der Waals surface area (Å²) in [5.41, 5.74) is 0.659. The molecule has 0 aliphatic rings. The van der Waals surface area contributed by atoms with Gasteiger partial charge in [0.05, 0.1) is 12.0 Å². The minimum atomic E-state index is -0.949. The van der Waals surface area contributed by atoms with Crippen molar-refractivity contribution < 1.29 is 10.2 Å². The summed E-state index contributed by atoms with van der Waals surface area (Å²) in [5, 5.41) is 21.2. The monoisotopic (exact) mass is 237 g/mol. The maximum absolute atomic E-state index is 9.80. The Morgan fingerprint density at radius 1 is 1.19 bits per heavy atom. The second kappa shape index (κ2) is 4.78. The first-order chi connectivity index (χ1) is 7.72. The second-order valence-electron chi connectivity index (χ2n) is 3.65. The van der Waals surface area contributed by atoms with E-state index in [9.17, 15) is 10.2 Å². The van der Waals surface area contributed by atoms with Crippen LogP contribution in [-0.2, 0) is 0 Å². The second-order valence-corrected chi connectivity index (χ2v) is 3.96. The van der Waals surface area contributed by atoms with Crippen LogP contribution in [0.2, 0.25) is 0 Å². The zero-order valence-electron chi connectivity index (χ0n) is 8.55. The van der Waals surface area contributed by atoms with E-state index in [2.05, 4.69) is 4.98 Å². The highest BCUT2D eigenvalue weighted by Crippen LogP contribution is 2.22. The SMILES string of the molecule is OC(CCl)C(O)c1ccc2cnccc2c1. The fourth-order valence-electron chi connectivity index (χ4n) is 1.59. The molecule has 1 aromatic carbocycles. The standard InChI is InChI=1S/C12H12ClNO2/c13-6-11(15)12(16)9-1-2-10-7-14-4-3-8(10)5-9/h1-5,7,11-12,15-16H,6H2. The van der Waals surface area contributed by atoms with Crippen molar-refractivity contribution in [3.05, 3.63) is 42.2 Å². The molecule has 84 valence electrons. The molecule has 16 heavy (non-hydrogen) atoms. The number of fused-ring (bicyclic) bond motifs is 1. The van der Waals surface area contributed by atoms with Gasteiger partial charge in [0, 0.05) is 17.8 Å². The van der Waals surface area contributed by atoms with Gasteiger partial charge in [-0.15, -0.1) is 11.6 Å². The molecule has 0 fully saturated rings. The van der Waals surface area contributed by atoms with E-state index in [1.807, 2.05) is 18.2 Å². The smallest absolute Gasteiger partial charge is 0.106 e. The van der Waals surface area contributed by atoms with Crippen molar-refractivity contribution in [3.8, 4) is 0 Å². The number of aromatic nitrogens is 1. The van der Waals surface area contributed by atoms with Gasteiger partial charge in [-0.05, 0) is 23.1 Å². The van der Waals surface area contributed by atoms with E-state index in [0.29, 0.717) is 5.56 Å². The average molecular weight is 238 g/mol. The third kappa shape index (κ3) is 2.16. The molecular formula is C12H12ClNO2. The molecule has 0 aliphatic carbocycles. The fraction of sp³-hybridized carbons (Fsp3) is 0.250. The van der Waals surface area contributed by atoms with E-state index in [1.54, 1.807) is 18.5 Å². The van der Waals surface area contributed by atoms with Crippen LogP contribution >= 0.6 is 11.6 Å². The Balaban J connectivity index is 2.39. The molecule has 2 unspecified atom stereocenters. The lowest BCUT2D eigenvalue weighted by molar-refractivity contribution is 0.0328. The molecule has 2 rings (SSSR count). The van der Waals surface area contributed by atoms with E-state index in [4.69, 9.17) is 11.6 Å². The normalized spacial score (nSPS) is 14.9. The number of rotatable bonds is 3. The van der Waals surface area contributed by atoms with Gasteiger partial charge in [-0.1, -0.05) is 12.1 Å². The number of hydrogen-bond donors (Lipinski definition) is 2. The Morgan fingerprint density at radius 2 is 2.00 bits per heavy atom. The van der Waals surface area contributed by atoms with Crippen molar-refractivity contribution in [3.63, 3.8) is 0 Å². The largest absolute Gasteiger partial charge is 0.389 e. The predicted octanol–water partition coefficient (Wildman–Crippen LogP) is 1.87. The van der Waals surface area contributed by atoms with Gasteiger partial charge in [0.25, 0.3) is 0 Å². The van der Waals surface area contributed by atoms with Crippen LogP contribution in [0.15, 0.2) is 36.7 Å². The summed E-state index contributed by atoms with van der Waals surface area (Å²) >= 11 is 5.49. The first kappa shape index (κ1) is 11.3. The number of halogens is 1. The minimum Gasteiger partial charge on any atom is -0.389 e. The van der Waals surface area contributed by atoms with Gasteiger partial charge in [0.15, 0.2) is 0 Å². The Morgan fingerprint density at radius 3 is 2.75 bits per heavy atom. The van der Waals surface area contributed by atoms with Gasteiger partial charge in [-0.25, -0.2) is 0 Å². The first-order valence-electron chi connectivity index (χ1n) is 4.98. The van der Waals surface area contributed by atoms with E-state index < -0.39 is 12.2 Å². The van der Waals surface area contributed by atoms with Crippen LogP contribution in [-0.4, -0.2) is 27.2 Å². The average Bonchev–Trinajstić information content (AvgIpc) is 2.36. The summed E-state index contributed by atoms with van der Waals surface area (Å²) in [6, 6.07) is 7.32. The number of aliphatic hydroxyl groups is 2. The minimum absolute atomic E-state index is 0.00947. The van der Waals surface area contributed by atoms with Crippen LogP contribution < -0.4 is 0 Å². The molecule has 2 atom stereocenters. The number of benzene rings is 1. The highest BCUT2D eigenvalue weighted by Gasteiger charge is 2.17. The Kier molecular flexibility index (Phi) is 3.39. The molecule has 4 heteroatoms. The lowest BCUT2D eigenvalue weighted by atomic mass is 10.0. The molecule has 3 nitrogen and oxygen atoms in total. The molecule has 0 bridgehead atoms. The Labute approximate surface area is 98.3 Å². The predicted molar refractivity (Wildman–Crippen MR) is 63.4 cm³/mol. The van der Waals surface area contributed by atoms with Gasteiger partial charge >= 0.3 is 0 Å². The summed E-state index contributed by atoms with van der Waals surface area (Å²) < 4.78 is 0. The van der Waals surface area contributed by atoms with E-state index >= 15 is 0 Å². The fourth-order valence-corrected chi connectivity index (χ4v) is 1.76. The highest BCUT2D eigenvalue weighted by atomic mass is 35.5. The van der Waals surface area contributed by atoms with Gasteiger partial charge in [0.2, 0.25) is 0 Å². The van der Waals surface area contributed by atoms with Crippen molar-refractivity contribution >= 4 is 22.4 Å². The quantitative estimate of drug-likeness (QED) is 0.802. The van der Waals surface area contributed by atoms with Crippen LogP contribution in [0.4, 0.5) is 0 Å². The number of aliphatic hydroxyl groups excluding tert-OH is 2. The van der Waals surface area contributed by atoms with Crippen molar-refractivity contribution in [1.29, 1.82) is 0 Å². The number of pyridine rings is 1. The van der Waals surface area contributed by atoms with E-state index in [0.717, 1.165) is 10.8 Å². The molecule has 0 spiro atoms. The molecule has 1 aromatic heterocycles. The van der Waals surface area contributed by atoms with Crippen LogP contribution in [0.5, 0.6) is 0 Å². The summed E-state index contributed by atoms with van der Waals surface area (Å²) in [6.45, 7) is 0. The summed E-state index contributed by atoms with van der Waals surface area (Å²) in [7, 11) is 0. The zero-order valence-corrected chi connectivity index (χ0v) is 9.30.